The summed E-state index contributed by atoms with van der Waals surface area (Å²) in [5.74, 6) is -0.621. The Morgan fingerprint density at radius 1 is 0.966 bits per heavy atom. The molecule has 0 unspecified atom stereocenters. The molecule has 0 saturated heterocycles. The summed E-state index contributed by atoms with van der Waals surface area (Å²) in [6.45, 7) is 2.90. The Hall–Kier alpha value is -3.32. The Balaban J connectivity index is 1.79. The van der Waals surface area contributed by atoms with Crippen LogP contribution in [0.5, 0.6) is 0 Å². The highest BCUT2D eigenvalue weighted by Gasteiger charge is 2.20. The van der Waals surface area contributed by atoms with E-state index in [1.54, 1.807) is 0 Å². The number of amides is 2. The lowest BCUT2D eigenvalue weighted by molar-refractivity contribution is -0.120. The van der Waals surface area contributed by atoms with Gasteiger partial charge in [0.15, 0.2) is 10.9 Å². The molecule has 0 spiro atoms. The standard InChI is InChI=1S/C22H21N3O3S/c1-14(26)21-20(17-11-7-4-8-12-17)25-22(29-21)24-19(28)13-18(23-15(2)27)16-9-5-3-6-10-16/h3-12,18H,13H2,1-2H3,(H,23,27)(H,24,25,28)/t18-/m1/s1. The largest absolute Gasteiger partial charge is 0.349 e. The summed E-state index contributed by atoms with van der Waals surface area (Å²) in [6.07, 6.45) is 0.0548. The van der Waals surface area contributed by atoms with E-state index in [4.69, 9.17) is 0 Å². The van der Waals surface area contributed by atoms with Gasteiger partial charge in [-0.25, -0.2) is 4.98 Å². The van der Waals surface area contributed by atoms with Crippen LogP contribution in [-0.2, 0) is 9.59 Å². The molecule has 7 heteroatoms. The number of hydrogen-bond acceptors (Lipinski definition) is 5. The molecule has 0 aliphatic carbocycles. The molecule has 3 aromatic rings. The summed E-state index contributed by atoms with van der Waals surface area (Å²) in [6, 6.07) is 18.2. The molecule has 2 amide bonds. The normalized spacial score (nSPS) is 11.5. The zero-order valence-electron chi connectivity index (χ0n) is 16.1. The number of Topliss-reactive ketones (excluding diaryl/α,β-unsaturated/α-hetero) is 1. The molecule has 6 nitrogen and oxygen atoms in total. The van der Waals surface area contributed by atoms with Crippen molar-refractivity contribution in [2.24, 2.45) is 0 Å². The fourth-order valence-corrected chi connectivity index (χ4v) is 3.84. The summed E-state index contributed by atoms with van der Waals surface area (Å²) in [5, 5.41) is 5.92. The number of nitrogens with one attached hydrogen (secondary N) is 2. The van der Waals surface area contributed by atoms with E-state index in [1.807, 2.05) is 60.7 Å². The predicted molar refractivity (Wildman–Crippen MR) is 114 cm³/mol. The van der Waals surface area contributed by atoms with E-state index in [1.165, 1.54) is 13.8 Å². The number of carbonyl (C=O) groups excluding carboxylic acids is 3. The molecule has 0 radical (unpaired) electrons. The summed E-state index contributed by atoms with van der Waals surface area (Å²) in [7, 11) is 0. The smallest absolute Gasteiger partial charge is 0.228 e. The lowest BCUT2D eigenvalue weighted by Gasteiger charge is -2.17. The maximum absolute atomic E-state index is 12.6. The lowest BCUT2D eigenvalue weighted by atomic mass is 10.0. The van der Waals surface area contributed by atoms with Gasteiger partial charge < -0.3 is 10.6 Å². The van der Waals surface area contributed by atoms with Gasteiger partial charge in [0.1, 0.15) is 0 Å². The highest BCUT2D eigenvalue weighted by atomic mass is 32.1. The number of aromatic nitrogens is 1. The van der Waals surface area contributed by atoms with Gasteiger partial charge in [-0.05, 0) is 5.56 Å². The number of anilines is 1. The number of benzene rings is 2. The first-order valence-corrected chi connectivity index (χ1v) is 9.94. The van der Waals surface area contributed by atoms with E-state index in [0.717, 1.165) is 22.5 Å². The Morgan fingerprint density at radius 2 is 1.59 bits per heavy atom. The van der Waals surface area contributed by atoms with Gasteiger partial charge in [0.05, 0.1) is 23.0 Å². The van der Waals surface area contributed by atoms with Crippen LogP contribution < -0.4 is 10.6 Å². The molecule has 148 valence electrons. The fraction of sp³-hybridized carbons (Fsp3) is 0.182. The first kappa shape index (κ1) is 20.4. The van der Waals surface area contributed by atoms with Crippen LogP contribution >= 0.6 is 11.3 Å². The van der Waals surface area contributed by atoms with Crippen molar-refractivity contribution in [2.75, 3.05) is 5.32 Å². The highest BCUT2D eigenvalue weighted by molar-refractivity contribution is 7.18. The second-order valence-electron chi connectivity index (χ2n) is 6.54. The van der Waals surface area contributed by atoms with Crippen LogP contribution in [0.25, 0.3) is 11.3 Å². The molecule has 0 aliphatic rings. The molecule has 0 aliphatic heterocycles. The molecule has 2 aromatic carbocycles. The van der Waals surface area contributed by atoms with Crippen LogP contribution in [0, 0.1) is 0 Å². The predicted octanol–water partition coefficient (Wildman–Crippen LogP) is 4.22. The minimum absolute atomic E-state index is 0.0548. The topological polar surface area (TPSA) is 88.2 Å². The lowest BCUT2D eigenvalue weighted by Crippen LogP contribution is -2.29. The molecule has 2 N–H and O–H groups in total. The molecule has 0 bridgehead atoms. The summed E-state index contributed by atoms with van der Waals surface area (Å²) >= 11 is 1.15. The van der Waals surface area contributed by atoms with Crippen molar-refractivity contribution in [2.45, 2.75) is 26.3 Å². The number of carbonyl (C=O) groups is 3. The molecule has 0 saturated carbocycles. The van der Waals surface area contributed by atoms with E-state index in [-0.39, 0.29) is 24.0 Å². The summed E-state index contributed by atoms with van der Waals surface area (Å²) in [4.78, 5) is 41.2. The molecule has 1 atom stereocenters. The van der Waals surface area contributed by atoms with Gasteiger partial charge in [-0.15, -0.1) is 0 Å². The van der Waals surface area contributed by atoms with Crippen molar-refractivity contribution < 1.29 is 14.4 Å². The van der Waals surface area contributed by atoms with E-state index >= 15 is 0 Å². The first-order chi connectivity index (χ1) is 13.9. The van der Waals surface area contributed by atoms with E-state index in [0.29, 0.717) is 15.7 Å². The number of rotatable bonds is 7. The van der Waals surface area contributed by atoms with E-state index in [2.05, 4.69) is 15.6 Å². The monoisotopic (exact) mass is 407 g/mol. The van der Waals surface area contributed by atoms with Gasteiger partial charge in [-0.1, -0.05) is 72.0 Å². The molecule has 1 aromatic heterocycles. The van der Waals surface area contributed by atoms with E-state index in [9.17, 15) is 14.4 Å². The maximum Gasteiger partial charge on any atom is 0.228 e. The average Bonchev–Trinajstić information content (AvgIpc) is 3.12. The van der Waals surface area contributed by atoms with Crippen molar-refractivity contribution in [3.8, 4) is 11.3 Å². The van der Waals surface area contributed by atoms with Gasteiger partial charge in [-0.2, -0.15) is 0 Å². The molecule has 1 heterocycles. The Labute approximate surface area is 173 Å². The third-order valence-electron chi connectivity index (χ3n) is 4.21. The summed E-state index contributed by atoms with van der Waals surface area (Å²) in [5.41, 5.74) is 2.21. The van der Waals surface area contributed by atoms with Gasteiger partial charge in [0.2, 0.25) is 11.8 Å². The fourth-order valence-electron chi connectivity index (χ4n) is 2.94. The minimum atomic E-state index is -0.450. The number of ketones is 1. The van der Waals surface area contributed by atoms with Crippen molar-refractivity contribution >= 4 is 34.1 Å². The minimum Gasteiger partial charge on any atom is -0.349 e. The maximum atomic E-state index is 12.6. The van der Waals surface area contributed by atoms with Crippen LogP contribution in [0.2, 0.25) is 0 Å². The van der Waals surface area contributed by atoms with Crippen molar-refractivity contribution in [1.29, 1.82) is 0 Å². The first-order valence-electron chi connectivity index (χ1n) is 9.13. The van der Waals surface area contributed by atoms with Crippen molar-refractivity contribution in [3.05, 3.63) is 71.1 Å². The van der Waals surface area contributed by atoms with Gasteiger partial charge >= 0.3 is 0 Å². The summed E-state index contributed by atoms with van der Waals surface area (Å²) < 4.78 is 0. The molecule has 0 fully saturated rings. The van der Waals surface area contributed by atoms with Gasteiger partial charge in [0, 0.05) is 19.4 Å². The van der Waals surface area contributed by atoms with Gasteiger partial charge in [0.25, 0.3) is 0 Å². The van der Waals surface area contributed by atoms with Crippen LogP contribution in [0.1, 0.15) is 41.5 Å². The van der Waals surface area contributed by atoms with Crippen molar-refractivity contribution in [1.82, 2.24) is 10.3 Å². The van der Waals surface area contributed by atoms with Gasteiger partial charge in [-0.3, -0.25) is 14.4 Å². The Morgan fingerprint density at radius 3 is 2.17 bits per heavy atom. The number of hydrogen-bond donors (Lipinski definition) is 2. The Kier molecular flexibility index (Phi) is 6.51. The zero-order chi connectivity index (χ0) is 20.8. The zero-order valence-corrected chi connectivity index (χ0v) is 17.0. The second-order valence-corrected chi connectivity index (χ2v) is 7.53. The second kappa shape index (κ2) is 9.25. The van der Waals surface area contributed by atoms with Crippen LogP contribution in [-0.4, -0.2) is 22.6 Å². The third kappa shape index (κ3) is 5.36. The Bertz CT molecular complexity index is 1020. The van der Waals surface area contributed by atoms with Crippen LogP contribution in [0.15, 0.2) is 60.7 Å². The highest BCUT2D eigenvalue weighted by Crippen LogP contribution is 2.31. The molecule has 3 rings (SSSR count). The van der Waals surface area contributed by atoms with Crippen molar-refractivity contribution in [3.63, 3.8) is 0 Å². The number of nitrogens with zero attached hydrogens (tertiary/aromatic N) is 1. The average molecular weight is 407 g/mol. The van der Waals surface area contributed by atoms with E-state index < -0.39 is 6.04 Å². The third-order valence-corrected chi connectivity index (χ3v) is 5.28. The SMILES string of the molecule is CC(=O)N[C@H](CC(=O)Nc1nc(-c2ccccc2)c(C(C)=O)s1)c1ccccc1. The molecule has 29 heavy (non-hydrogen) atoms. The number of thiazole rings is 1. The quantitative estimate of drug-likeness (QED) is 0.574. The van der Waals surface area contributed by atoms with Crippen LogP contribution in [0.3, 0.4) is 0 Å². The molecular formula is C22H21N3O3S. The molecular weight excluding hydrogens is 386 g/mol. The van der Waals surface area contributed by atoms with Crippen LogP contribution in [0.4, 0.5) is 5.13 Å².